The Hall–Kier alpha value is -1.36. The molecule has 3 rings (SSSR count). The van der Waals surface area contributed by atoms with Crippen LogP contribution >= 0.6 is 0 Å². The molecule has 1 aromatic carbocycles. The van der Waals surface area contributed by atoms with Gasteiger partial charge in [0.2, 0.25) is 0 Å². The van der Waals surface area contributed by atoms with E-state index in [0.717, 1.165) is 51.4 Å². The van der Waals surface area contributed by atoms with Crippen LogP contribution in [0.15, 0.2) is 36.9 Å². The zero-order valence-electron chi connectivity index (χ0n) is 14.7. The van der Waals surface area contributed by atoms with Crippen LogP contribution in [0.25, 0.3) is 0 Å². The number of hydrogen-bond donors (Lipinski definition) is 0. The summed E-state index contributed by atoms with van der Waals surface area (Å²) in [5, 5.41) is 0. The van der Waals surface area contributed by atoms with E-state index in [4.69, 9.17) is 14.2 Å². The molecule has 0 bridgehead atoms. The van der Waals surface area contributed by atoms with Crippen molar-refractivity contribution >= 4 is 0 Å². The molecule has 24 heavy (non-hydrogen) atoms. The summed E-state index contributed by atoms with van der Waals surface area (Å²) in [6.45, 7) is 9.13. The minimum absolute atomic E-state index is 0.131. The van der Waals surface area contributed by atoms with Gasteiger partial charge in [0, 0.05) is 31.7 Å². The molecule has 4 nitrogen and oxygen atoms in total. The lowest BCUT2D eigenvalue weighted by Gasteiger charge is -2.50. The number of methoxy groups -OCH3 is 1. The first-order chi connectivity index (χ1) is 11.8. The molecule has 0 aromatic heterocycles. The van der Waals surface area contributed by atoms with Crippen LogP contribution in [0.2, 0.25) is 0 Å². The van der Waals surface area contributed by atoms with Gasteiger partial charge in [0.25, 0.3) is 0 Å². The third kappa shape index (κ3) is 4.00. The highest BCUT2D eigenvalue weighted by molar-refractivity contribution is 5.27. The summed E-state index contributed by atoms with van der Waals surface area (Å²) >= 11 is 0. The van der Waals surface area contributed by atoms with Gasteiger partial charge < -0.3 is 14.2 Å². The van der Waals surface area contributed by atoms with E-state index < -0.39 is 0 Å². The van der Waals surface area contributed by atoms with Gasteiger partial charge in [0.1, 0.15) is 5.75 Å². The number of likely N-dealkylation sites (tertiary alicyclic amines) is 1. The smallest absolute Gasteiger partial charge is 0.118 e. The van der Waals surface area contributed by atoms with Gasteiger partial charge in [-0.25, -0.2) is 0 Å². The fourth-order valence-electron chi connectivity index (χ4n) is 4.06. The molecule has 2 atom stereocenters. The van der Waals surface area contributed by atoms with E-state index in [1.807, 2.05) is 18.2 Å². The largest absolute Gasteiger partial charge is 0.497 e. The van der Waals surface area contributed by atoms with Crippen LogP contribution in [-0.4, -0.2) is 51.0 Å². The number of hydrogen-bond acceptors (Lipinski definition) is 4. The fourth-order valence-corrected chi connectivity index (χ4v) is 4.06. The van der Waals surface area contributed by atoms with E-state index in [-0.39, 0.29) is 5.41 Å². The Balaban J connectivity index is 1.65. The number of piperidine rings is 1. The van der Waals surface area contributed by atoms with Crippen LogP contribution in [0, 0.1) is 5.41 Å². The molecular weight excluding hydrogens is 302 g/mol. The summed E-state index contributed by atoms with van der Waals surface area (Å²) in [6.07, 6.45) is 5.57. The quantitative estimate of drug-likeness (QED) is 0.567. The highest BCUT2D eigenvalue weighted by Gasteiger charge is 2.46. The summed E-state index contributed by atoms with van der Waals surface area (Å²) < 4.78 is 17.2. The fraction of sp³-hybridized carbons (Fsp3) is 0.600. The highest BCUT2D eigenvalue weighted by atomic mass is 16.5. The predicted octanol–water partition coefficient (Wildman–Crippen LogP) is 3.27. The van der Waals surface area contributed by atoms with E-state index in [9.17, 15) is 0 Å². The molecule has 0 aliphatic carbocycles. The summed E-state index contributed by atoms with van der Waals surface area (Å²) in [7, 11) is 1.70. The second-order valence-electron chi connectivity index (χ2n) is 6.98. The van der Waals surface area contributed by atoms with Crippen molar-refractivity contribution in [2.75, 3.05) is 40.0 Å². The Morgan fingerprint density at radius 3 is 2.96 bits per heavy atom. The van der Waals surface area contributed by atoms with E-state index in [1.54, 1.807) is 7.11 Å². The maximum absolute atomic E-state index is 6.10. The molecule has 0 unspecified atom stereocenters. The Labute approximate surface area is 145 Å². The van der Waals surface area contributed by atoms with Crippen molar-refractivity contribution < 1.29 is 14.2 Å². The number of benzene rings is 1. The minimum Gasteiger partial charge on any atom is -0.497 e. The molecule has 2 saturated heterocycles. The van der Waals surface area contributed by atoms with Crippen LogP contribution in [0.4, 0.5) is 0 Å². The molecule has 0 amide bonds. The Bertz CT molecular complexity index is 530. The summed E-state index contributed by atoms with van der Waals surface area (Å²) in [5.41, 5.74) is 1.46. The molecule has 0 spiro atoms. The van der Waals surface area contributed by atoms with Gasteiger partial charge in [-0.15, -0.1) is 6.58 Å². The first-order valence-corrected chi connectivity index (χ1v) is 8.91. The van der Waals surface area contributed by atoms with Gasteiger partial charge >= 0.3 is 0 Å². The van der Waals surface area contributed by atoms with Crippen molar-refractivity contribution in [3.05, 3.63) is 42.5 Å². The van der Waals surface area contributed by atoms with Crippen molar-refractivity contribution in [3.63, 3.8) is 0 Å². The molecule has 1 aromatic rings. The topological polar surface area (TPSA) is 30.9 Å². The number of ether oxygens (including phenoxy) is 3. The standard InChI is InChI=1S/C20H29NO3/c1-3-12-23-16-20-10-4-13-24-19(20)9-11-21(15-20)14-17-5-7-18(22-2)8-6-17/h3,5-8,19H,1,4,9-16H2,2H3/t19-,20-/m1/s1. The van der Waals surface area contributed by atoms with Crippen molar-refractivity contribution in [2.24, 2.45) is 5.41 Å². The van der Waals surface area contributed by atoms with E-state index in [0.29, 0.717) is 12.7 Å². The lowest BCUT2D eigenvalue weighted by molar-refractivity contribution is -0.152. The summed E-state index contributed by atoms with van der Waals surface area (Å²) in [5.74, 6) is 0.910. The zero-order chi connectivity index (χ0) is 16.8. The average molecular weight is 331 g/mol. The molecule has 0 radical (unpaired) electrons. The molecular formula is C20H29NO3. The van der Waals surface area contributed by atoms with Crippen LogP contribution < -0.4 is 4.74 Å². The first kappa shape index (κ1) is 17.5. The lowest BCUT2D eigenvalue weighted by atomic mass is 9.73. The number of fused-ring (bicyclic) bond motifs is 1. The van der Waals surface area contributed by atoms with Crippen molar-refractivity contribution in [2.45, 2.75) is 31.9 Å². The SMILES string of the molecule is C=CCOC[C@]12CCCO[C@@H]1CCN(Cc1ccc(OC)cc1)C2. The average Bonchev–Trinajstić information content (AvgIpc) is 2.62. The van der Waals surface area contributed by atoms with Crippen LogP contribution in [-0.2, 0) is 16.0 Å². The molecule has 2 aliphatic rings. The van der Waals surface area contributed by atoms with E-state index in [1.165, 1.54) is 12.0 Å². The van der Waals surface area contributed by atoms with Gasteiger partial charge in [0.15, 0.2) is 0 Å². The second kappa shape index (κ2) is 8.15. The monoisotopic (exact) mass is 331 g/mol. The van der Waals surface area contributed by atoms with E-state index >= 15 is 0 Å². The summed E-state index contributed by atoms with van der Waals surface area (Å²) in [4.78, 5) is 2.55. The van der Waals surface area contributed by atoms with Crippen LogP contribution in [0.3, 0.4) is 0 Å². The third-order valence-corrected chi connectivity index (χ3v) is 5.26. The van der Waals surface area contributed by atoms with Gasteiger partial charge in [-0.2, -0.15) is 0 Å². The highest BCUT2D eigenvalue weighted by Crippen LogP contribution is 2.40. The molecule has 2 heterocycles. The minimum atomic E-state index is 0.131. The van der Waals surface area contributed by atoms with Crippen LogP contribution in [0.1, 0.15) is 24.8 Å². The van der Waals surface area contributed by atoms with Gasteiger partial charge in [-0.1, -0.05) is 18.2 Å². The van der Waals surface area contributed by atoms with Gasteiger partial charge in [0.05, 0.1) is 26.4 Å². The zero-order valence-corrected chi connectivity index (χ0v) is 14.7. The van der Waals surface area contributed by atoms with Crippen LogP contribution in [0.5, 0.6) is 5.75 Å². The molecule has 2 fully saturated rings. The third-order valence-electron chi connectivity index (χ3n) is 5.26. The van der Waals surface area contributed by atoms with E-state index in [2.05, 4.69) is 23.6 Å². The van der Waals surface area contributed by atoms with Crippen molar-refractivity contribution in [1.29, 1.82) is 0 Å². The lowest BCUT2D eigenvalue weighted by Crippen LogP contribution is -2.56. The number of nitrogens with zero attached hydrogens (tertiary/aromatic N) is 1. The molecule has 0 saturated carbocycles. The summed E-state index contributed by atoms with van der Waals surface area (Å²) in [6, 6.07) is 8.38. The molecule has 0 N–H and O–H groups in total. The normalized spacial score (nSPS) is 27.5. The Morgan fingerprint density at radius 1 is 1.38 bits per heavy atom. The predicted molar refractivity (Wildman–Crippen MR) is 95.3 cm³/mol. The van der Waals surface area contributed by atoms with Crippen molar-refractivity contribution in [3.8, 4) is 5.75 Å². The Morgan fingerprint density at radius 2 is 2.21 bits per heavy atom. The Kier molecular flexibility index (Phi) is 5.93. The maximum atomic E-state index is 6.10. The number of rotatable bonds is 7. The molecule has 2 aliphatic heterocycles. The molecule has 132 valence electrons. The first-order valence-electron chi connectivity index (χ1n) is 8.91. The van der Waals surface area contributed by atoms with Gasteiger partial charge in [-0.3, -0.25) is 4.90 Å². The molecule has 4 heteroatoms. The van der Waals surface area contributed by atoms with Gasteiger partial charge in [-0.05, 0) is 37.0 Å². The second-order valence-corrected chi connectivity index (χ2v) is 6.98. The van der Waals surface area contributed by atoms with Crippen molar-refractivity contribution in [1.82, 2.24) is 4.90 Å². The maximum Gasteiger partial charge on any atom is 0.118 e.